The highest BCUT2D eigenvalue weighted by molar-refractivity contribution is 6.38. The SMILES string of the molecule is COC(=O)C(=O)OC(=O)C(=O)OC. The van der Waals surface area contributed by atoms with Crippen LogP contribution in [0.15, 0.2) is 0 Å². The van der Waals surface area contributed by atoms with Crippen LogP contribution in [0.1, 0.15) is 0 Å². The van der Waals surface area contributed by atoms with Crippen molar-refractivity contribution in [2.75, 3.05) is 14.2 Å². The van der Waals surface area contributed by atoms with Gasteiger partial charge in [-0.25, -0.2) is 19.2 Å². The average Bonchev–Trinajstić information content (AvgIpc) is 2.14. The average molecular weight is 190 g/mol. The van der Waals surface area contributed by atoms with Crippen LogP contribution in [-0.4, -0.2) is 38.1 Å². The number of carbonyl (C=O) groups is 4. The maximum atomic E-state index is 10.5. The third kappa shape index (κ3) is 3.32. The van der Waals surface area contributed by atoms with Gasteiger partial charge in [-0.15, -0.1) is 0 Å². The molecule has 0 amide bonds. The number of carbonyl (C=O) groups excluding carboxylic acids is 4. The Morgan fingerprint density at radius 1 is 0.692 bits per heavy atom. The van der Waals surface area contributed by atoms with Gasteiger partial charge in [0.15, 0.2) is 0 Å². The Morgan fingerprint density at radius 2 is 1.00 bits per heavy atom. The Bertz CT molecular complexity index is 228. The minimum absolute atomic E-state index is 0.923. The predicted molar refractivity (Wildman–Crippen MR) is 35.1 cm³/mol. The first kappa shape index (κ1) is 11.1. The monoisotopic (exact) mass is 190 g/mol. The summed E-state index contributed by atoms with van der Waals surface area (Å²) in [6.45, 7) is 0. The highest BCUT2D eigenvalue weighted by Gasteiger charge is 2.25. The molecule has 0 unspecified atom stereocenters. The number of methoxy groups -OCH3 is 2. The first-order chi connectivity index (χ1) is 6.02. The van der Waals surface area contributed by atoms with E-state index in [0.717, 1.165) is 14.2 Å². The first-order valence-corrected chi connectivity index (χ1v) is 2.95. The molecule has 72 valence electrons. The van der Waals surface area contributed by atoms with E-state index in [0.29, 0.717) is 0 Å². The number of hydrogen-bond acceptors (Lipinski definition) is 7. The minimum atomic E-state index is -1.57. The quantitative estimate of drug-likeness (QED) is 0.196. The van der Waals surface area contributed by atoms with Crippen LogP contribution in [0.5, 0.6) is 0 Å². The van der Waals surface area contributed by atoms with Crippen LogP contribution in [-0.2, 0) is 33.4 Å². The van der Waals surface area contributed by atoms with E-state index >= 15 is 0 Å². The van der Waals surface area contributed by atoms with Crippen molar-refractivity contribution < 1.29 is 33.4 Å². The van der Waals surface area contributed by atoms with Gasteiger partial charge in [0.25, 0.3) is 0 Å². The summed E-state index contributed by atoms with van der Waals surface area (Å²) in [6, 6.07) is 0. The molecule has 0 aliphatic heterocycles. The largest absolute Gasteiger partial charge is 0.461 e. The van der Waals surface area contributed by atoms with Crippen molar-refractivity contribution >= 4 is 23.9 Å². The van der Waals surface area contributed by atoms with Crippen molar-refractivity contribution in [1.82, 2.24) is 0 Å². The summed E-state index contributed by atoms with van der Waals surface area (Å²) in [4.78, 5) is 41.7. The molecule has 0 atom stereocenters. The lowest BCUT2D eigenvalue weighted by Gasteiger charge is -1.98. The zero-order chi connectivity index (χ0) is 10.4. The maximum Gasteiger partial charge on any atom is 0.425 e. The molecule has 0 aliphatic rings. The molecule has 0 aromatic heterocycles. The van der Waals surface area contributed by atoms with Crippen molar-refractivity contribution in [2.24, 2.45) is 0 Å². The van der Waals surface area contributed by atoms with Crippen LogP contribution in [0.2, 0.25) is 0 Å². The summed E-state index contributed by atoms with van der Waals surface area (Å²) < 4.78 is 11.5. The summed E-state index contributed by atoms with van der Waals surface area (Å²) in [5, 5.41) is 0. The van der Waals surface area contributed by atoms with Crippen molar-refractivity contribution in [3.8, 4) is 0 Å². The molecule has 0 fully saturated rings. The lowest BCUT2D eigenvalue weighted by atomic mass is 10.6. The van der Waals surface area contributed by atoms with E-state index in [-0.39, 0.29) is 0 Å². The molecule has 0 spiro atoms. The van der Waals surface area contributed by atoms with Crippen LogP contribution in [0.3, 0.4) is 0 Å². The zero-order valence-corrected chi connectivity index (χ0v) is 6.86. The van der Waals surface area contributed by atoms with E-state index < -0.39 is 23.9 Å². The molecule has 0 radical (unpaired) electrons. The van der Waals surface area contributed by atoms with Crippen molar-refractivity contribution in [3.63, 3.8) is 0 Å². The third-order valence-electron chi connectivity index (χ3n) is 0.890. The second-order valence-corrected chi connectivity index (χ2v) is 1.66. The second-order valence-electron chi connectivity index (χ2n) is 1.66. The number of rotatable bonds is 0. The Hall–Kier alpha value is -1.92. The highest BCUT2D eigenvalue weighted by atomic mass is 16.6. The van der Waals surface area contributed by atoms with E-state index in [9.17, 15) is 19.2 Å². The molecule has 7 nitrogen and oxygen atoms in total. The maximum absolute atomic E-state index is 10.5. The number of ether oxygens (including phenoxy) is 3. The number of hydrogen-bond donors (Lipinski definition) is 0. The van der Waals surface area contributed by atoms with Crippen molar-refractivity contribution in [2.45, 2.75) is 0 Å². The Labute approximate surface area is 72.6 Å². The van der Waals surface area contributed by atoms with Crippen LogP contribution < -0.4 is 0 Å². The molecule has 0 aliphatic carbocycles. The van der Waals surface area contributed by atoms with E-state index in [4.69, 9.17) is 0 Å². The van der Waals surface area contributed by atoms with Gasteiger partial charge in [0.05, 0.1) is 14.2 Å². The first-order valence-electron chi connectivity index (χ1n) is 2.95. The summed E-state index contributed by atoms with van der Waals surface area (Å²) >= 11 is 0. The Morgan fingerprint density at radius 3 is 1.23 bits per heavy atom. The van der Waals surface area contributed by atoms with E-state index in [1.807, 2.05) is 0 Å². The van der Waals surface area contributed by atoms with Gasteiger partial charge in [0, 0.05) is 0 Å². The van der Waals surface area contributed by atoms with Gasteiger partial charge in [-0.3, -0.25) is 0 Å². The van der Waals surface area contributed by atoms with Crippen LogP contribution in [0.25, 0.3) is 0 Å². The lowest BCUT2D eigenvalue weighted by molar-refractivity contribution is -0.178. The molecular weight excluding hydrogens is 184 g/mol. The molecule has 0 saturated heterocycles. The molecule has 7 heteroatoms. The fourth-order valence-electron chi connectivity index (χ4n) is 0.334. The van der Waals surface area contributed by atoms with Gasteiger partial charge in [0.2, 0.25) is 0 Å². The van der Waals surface area contributed by atoms with Crippen LogP contribution in [0.4, 0.5) is 0 Å². The predicted octanol–water partition coefficient (Wildman–Crippen LogP) is -1.60. The number of esters is 4. The fourth-order valence-corrected chi connectivity index (χ4v) is 0.334. The van der Waals surface area contributed by atoms with Crippen molar-refractivity contribution in [1.29, 1.82) is 0 Å². The normalized spacial score (nSPS) is 8.46. The summed E-state index contributed by atoms with van der Waals surface area (Å²) in [5.74, 6) is -5.90. The van der Waals surface area contributed by atoms with E-state index in [1.165, 1.54) is 0 Å². The van der Waals surface area contributed by atoms with Crippen LogP contribution >= 0.6 is 0 Å². The standard InChI is InChI=1S/C6H6O7/c1-11-3(7)5(9)13-6(10)4(8)12-2/h1-2H3. The fraction of sp³-hybridized carbons (Fsp3) is 0.333. The molecular formula is C6H6O7. The third-order valence-corrected chi connectivity index (χ3v) is 0.890. The minimum Gasteiger partial charge on any atom is -0.461 e. The highest BCUT2D eigenvalue weighted by Crippen LogP contribution is 1.86. The van der Waals surface area contributed by atoms with Crippen LogP contribution in [0, 0.1) is 0 Å². The van der Waals surface area contributed by atoms with Gasteiger partial charge >= 0.3 is 23.9 Å². The Balaban J connectivity index is 4.15. The second kappa shape index (κ2) is 4.86. The molecule has 0 aromatic carbocycles. The molecule has 0 N–H and O–H groups in total. The van der Waals surface area contributed by atoms with E-state index in [1.54, 1.807) is 0 Å². The molecule has 0 aromatic rings. The van der Waals surface area contributed by atoms with Gasteiger partial charge in [0.1, 0.15) is 0 Å². The molecule has 0 saturated carbocycles. The summed E-state index contributed by atoms with van der Waals surface area (Å²) in [5.41, 5.74) is 0. The van der Waals surface area contributed by atoms with Gasteiger partial charge in [-0.1, -0.05) is 0 Å². The van der Waals surface area contributed by atoms with Crippen molar-refractivity contribution in [3.05, 3.63) is 0 Å². The topological polar surface area (TPSA) is 96.0 Å². The molecule has 0 bridgehead atoms. The smallest absolute Gasteiger partial charge is 0.425 e. The molecule has 13 heavy (non-hydrogen) atoms. The van der Waals surface area contributed by atoms with Gasteiger partial charge in [-0.2, -0.15) is 0 Å². The van der Waals surface area contributed by atoms with Gasteiger partial charge < -0.3 is 14.2 Å². The molecule has 0 rings (SSSR count). The van der Waals surface area contributed by atoms with Gasteiger partial charge in [-0.05, 0) is 0 Å². The molecule has 0 heterocycles. The summed E-state index contributed by atoms with van der Waals surface area (Å²) in [7, 11) is 1.85. The zero-order valence-electron chi connectivity index (χ0n) is 6.86. The summed E-state index contributed by atoms with van der Waals surface area (Å²) in [6.07, 6.45) is 0. The Kier molecular flexibility index (Phi) is 4.14. The lowest BCUT2D eigenvalue weighted by Crippen LogP contribution is -2.27. The van der Waals surface area contributed by atoms with E-state index in [2.05, 4.69) is 14.2 Å².